The maximum absolute atomic E-state index is 16.0. The number of fused-ring (bicyclic) bond motifs is 1. The van der Waals surface area contributed by atoms with Gasteiger partial charge < -0.3 is 20.5 Å². The molecule has 1 unspecified atom stereocenters. The summed E-state index contributed by atoms with van der Waals surface area (Å²) in [4.78, 5) is 23.5. The Hall–Kier alpha value is -3.34. The molecule has 9 nitrogen and oxygen atoms in total. The molecule has 0 bridgehead atoms. The Morgan fingerprint density at radius 3 is 2.06 bits per heavy atom. The van der Waals surface area contributed by atoms with Crippen molar-refractivity contribution in [2.45, 2.75) is 67.7 Å². The number of piperidine rings is 1. The van der Waals surface area contributed by atoms with Gasteiger partial charge in [0.15, 0.2) is 6.04 Å². The second-order valence-electron chi connectivity index (χ2n) is 11.7. The number of carbonyl (C=O) groups is 2. The molecule has 1 saturated heterocycles. The van der Waals surface area contributed by atoms with Gasteiger partial charge in [0.1, 0.15) is 5.75 Å². The number of sulfonamides is 1. The van der Waals surface area contributed by atoms with Gasteiger partial charge in [0.05, 0.1) is 11.0 Å². The van der Waals surface area contributed by atoms with Crippen LogP contribution in [0.4, 0.5) is 22.0 Å². The van der Waals surface area contributed by atoms with Crippen molar-refractivity contribution in [2.75, 3.05) is 19.6 Å². The lowest BCUT2D eigenvalue weighted by molar-refractivity contribution is -0.192. The first kappa shape index (κ1) is 37.5. The van der Waals surface area contributed by atoms with Gasteiger partial charge in [-0.2, -0.15) is 26.7 Å². The third kappa shape index (κ3) is 9.42. The normalized spacial score (nSPS) is 17.1. The number of alkyl halides is 5. The van der Waals surface area contributed by atoms with E-state index in [4.69, 9.17) is 20.4 Å². The van der Waals surface area contributed by atoms with E-state index in [1.54, 1.807) is 18.2 Å². The highest BCUT2D eigenvalue weighted by atomic mass is 79.9. The molecule has 3 aromatic carbocycles. The van der Waals surface area contributed by atoms with Gasteiger partial charge in [0.25, 0.3) is 5.92 Å². The first-order valence-electron chi connectivity index (χ1n) is 15.2. The van der Waals surface area contributed by atoms with Gasteiger partial charge >= 0.3 is 12.1 Å². The number of aliphatic carboxylic acids is 1. The first-order chi connectivity index (χ1) is 22.5. The quantitative estimate of drug-likeness (QED) is 0.221. The van der Waals surface area contributed by atoms with Gasteiger partial charge in [-0.15, -0.1) is 0 Å². The van der Waals surface area contributed by atoms with E-state index in [-0.39, 0.29) is 30.0 Å². The Balaban J connectivity index is 0.000000671. The molecular formula is C32H35BrF5N3O6S. The SMILES string of the molecule is NCC1CCN(C(=O)C(NS(=O)(=O)c2ccc3cc(OC4CCCC4)ccc3c2)C(F)(F)c2ccc(Br)cc2)CC1.O=C(O)C(F)(F)F. The van der Waals surface area contributed by atoms with Crippen LogP contribution >= 0.6 is 15.9 Å². The van der Waals surface area contributed by atoms with Crippen LogP contribution in [0.25, 0.3) is 10.8 Å². The molecule has 1 heterocycles. The van der Waals surface area contributed by atoms with Gasteiger partial charge in [-0.25, -0.2) is 13.2 Å². The monoisotopic (exact) mass is 763 g/mol. The Morgan fingerprint density at radius 1 is 0.938 bits per heavy atom. The Bertz CT molecular complexity index is 1690. The van der Waals surface area contributed by atoms with Crippen LogP contribution in [0, 0.1) is 5.92 Å². The molecule has 0 radical (unpaired) electrons. The summed E-state index contributed by atoms with van der Waals surface area (Å²) in [5.41, 5.74) is 5.28. The van der Waals surface area contributed by atoms with E-state index in [2.05, 4.69) is 20.7 Å². The fraction of sp³-hybridized carbons (Fsp3) is 0.438. The van der Waals surface area contributed by atoms with Crippen molar-refractivity contribution in [2.24, 2.45) is 11.7 Å². The van der Waals surface area contributed by atoms with E-state index in [0.717, 1.165) is 31.1 Å². The Kier molecular flexibility index (Phi) is 12.1. The smallest absolute Gasteiger partial charge is 0.490 e. The minimum Gasteiger partial charge on any atom is -0.490 e. The van der Waals surface area contributed by atoms with Gasteiger partial charge in [-0.3, -0.25) is 4.79 Å². The van der Waals surface area contributed by atoms with Crippen molar-refractivity contribution in [3.8, 4) is 5.75 Å². The molecule has 262 valence electrons. The highest BCUT2D eigenvalue weighted by Gasteiger charge is 2.50. The summed E-state index contributed by atoms with van der Waals surface area (Å²) < 4.78 is 99.5. The number of halogens is 6. The summed E-state index contributed by atoms with van der Waals surface area (Å²) in [6, 6.07) is 12.7. The van der Waals surface area contributed by atoms with Crippen LogP contribution < -0.4 is 15.2 Å². The summed E-state index contributed by atoms with van der Waals surface area (Å²) in [6.07, 6.45) is 0.545. The minimum absolute atomic E-state index is 0.180. The highest BCUT2D eigenvalue weighted by molar-refractivity contribution is 9.10. The molecule has 5 rings (SSSR count). The molecule has 1 atom stereocenters. The third-order valence-electron chi connectivity index (χ3n) is 8.31. The van der Waals surface area contributed by atoms with Crippen LogP contribution in [-0.2, 0) is 25.5 Å². The molecule has 2 aliphatic rings. The maximum atomic E-state index is 16.0. The number of nitrogens with two attached hydrogens (primary N) is 1. The van der Waals surface area contributed by atoms with E-state index in [9.17, 15) is 26.4 Å². The number of rotatable bonds is 9. The number of nitrogens with one attached hydrogen (secondary N) is 1. The number of hydrogen-bond acceptors (Lipinski definition) is 6. The molecule has 16 heteroatoms. The van der Waals surface area contributed by atoms with Gasteiger partial charge in [-0.05, 0) is 98.2 Å². The summed E-state index contributed by atoms with van der Waals surface area (Å²) in [7, 11) is -4.52. The van der Waals surface area contributed by atoms with Gasteiger partial charge in [0, 0.05) is 23.1 Å². The largest absolute Gasteiger partial charge is 0.490 e. The maximum Gasteiger partial charge on any atom is 0.490 e. The standard InChI is InChI=1S/C30H34BrF2N3O4S.C2HF3O2/c31-24-9-7-23(8-10-24)30(32,33)28(29(37)36-15-13-20(19-34)14-16-36)35-41(38,39)27-12-6-21-17-26(11-5-22(21)18-27)40-25-3-1-2-4-25;3-2(4,5)1(6)7/h5-12,17-18,20,25,28,35H,1-4,13-16,19,34H2;(H,6,7). The molecule has 3 aromatic rings. The van der Waals surface area contributed by atoms with Crippen molar-refractivity contribution in [3.63, 3.8) is 0 Å². The molecule has 48 heavy (non-hydrogen) atoms. The van der Waals surface area contributed by atoms with Crippen molar-refractivity contribution in [3.05, 3.63) is 70.7 Å². The van der Waals surface area contributed by atoms with E-state index in [1.807, 2.05) is 6.07 Å². The molecule has 1 aliphatic carbocycles. The number of ether oxygens (including phenoxy) is 1. The number of carboxylic acid groups (broad SMARTS) is 1. The van der Waals surface area contributed by atoms with E-state index in [0.29, 0.717) is 35.0 Å². The van der Waals surface area contributed by atoms with Gasteiger partial charge in [0.2, 0.25) is 15.9 Å². The number of nitrogens with zero attached hydrogens (tertiary/aromatic N) is 1. The molecule has 1 aliphatic heterocycles. The zero-order valence-corrected chi connectivity index (χ0v) is 28.0. The summed E-state index contributed by atoms with van der Waals surface area (Å²) >= 11 is 3.23. The third-order valence-corrected chi connectivity index (χ3v) is 10.3. The predicted molar refractivity (Wildman–Crippen MR) is 171 cm³/mol. The van der Waals surface area contributed by atoms with Crippen molar-refractivity contribution < 1.29 is 49.8 Å². The highest BCUT2D eigenvalue weighted by Crippen LogP contribution is 2.36. The topological polar surface area (TPSA) is 139 Å². The predicted octanol–water partition coefficient (Wildman–Crippen LogP) is 6.19. The van der Waals surface area contributed by atoms with Crippen molar-refractivity contribution >= 4 is 48.6 Å². The lowest BCUT2D eigenvalue weighted by Gasteiger charge is -2.36. The van der Waals surface area contributed by atoms with Crippen LogP contribution in [0.3, 0.4) is 0 Å². The fourth-order valence-corrected chi connectivity index (χ4v) is 7.04. The zero-order valence-electron chi connectivity index (χ0n) is 25.6. The Morgan fingerprint density at radius 2 is 1.50 bits per heavy atom. The average Bonchev–Trinajstić information content (AvgIpc) is 3.56. The minimum atomic E-state index is -5.08. The number of benzene rings is 3. The molecule has 4 N–H and O–H groups in total. The molecule has 1 saturated carbocycles. The lowest BCUT2D eigenvalue weighted by atomic mass is 9.95. The van der Waals surface area contributed by atoms with E-state index >= 15 is 8.78 Å². The number of carbonyl (C=O) groups excluding carboxylic acids is 1. The van der Waals surface area contributed by atoms with Gasteiger partial charge in [-0.1, -0.05) is 40.2 Å². The summed E-state index contributed by atoms with van der Waals surface area (Å²) in [6.45, 7) is 0.913. The second kappa shape index (κ2) is 15.5. The van der Waals surface area contributed by atoms with E-state index < -0.39 is 45.6 Å². The van der Waals surface area contributed by atoms with Crippen molar-refractivity contribution in [1.82, 2.24) is 9.62 Å². The van der Waals surface area contributed by atoms with E-state index in [1.165, 1.54) is 41.3 Å². The number of likely N-dealkylation sites (tertiary alicyclic amines) is 1. The van der Waals surface area contributed by atoms with Crippen LogP contribution in [0.2, 0.25) is 0 Å². The van der Waals surface area contributed by atoms with Crippen LogP contribution in [0.15, 0.2) is 70.0 Å². The zero-order chi connectivity index (χ0) is 35.3. The summed E-state index contributed by atoms with van der Waals surface area (Å²) in [5, 5.41) is 8.49. The number of hydrogen-bond donors (Lipinski definition) is 3. The Labute approximate surface area is 282 Å². The van der Waals surface area contributed by atoms with Crippen LogP contribution in [-0.4, -0.2) is 68.3 Å². The first-order valence-corrected chi connectivity index (χ1v) is 17.4. The van der Waals surface area contributed by atoms with Crippen molar-refractivity contribution in [1.29, 1.82) is 0 Å². The lowest BCUT2D eigenvalue weighted by Crippen LogP contribution is -2.57. The van der Waals surface area contributed by atoms with Crippen LogP contribution in [0.1, 0.15) is 44.1 Å². The number of carboxylic acids is 1. The molecule has 2 fully saturated rings. The molecule has 0 spiro atoms. The summed E-state index contributed by atoms with van der Waals surface area (Å²) in [5.74, 6) is -6.64. The molecule has 1 amide bonds. The second-order valence-corrected chi connectivity index (χ2v) is 14.3. The van der Waals surface area contributed by atoms with Crippen LogP contribution in [0.5, 0.6) is 5.75 Å². The average molecular weight is 765 g/mol. The number of amides is 1. The molecular weight excluding hydrogens is 729 g/mol. The fourth-order valence-electron chi connectivity index (χ4n) is 5.55. The molecule has 0 aromatic heterocycles.